The lowest BCUT2D eigenvalue weighted by Crippen LogP contribution is -2.47. The Kier molecular flexibility index (Phi) is 4.82. The van der Waals surface area contributed by atoms with Gasteiger partial charge in [-0.15, -0.1) is 0 Å². The van der Waals surface area contributed by atoms with Gasteiger partial charge in [0.05, 0.1) is 11.9 Å². The molecule has 2 saturated heterocycles. The Bertz CT molecular complexity index is 478. The molecule has 3 heterocycles. The SMILES string of the molecule is FC(F)(F)c1ccc(N2CCC(N3CCSCC3)CC2)cn1. The topological polar surface area (TPSA) is 19.4 Å². The quantitative estimate of drug-likeness (QED) is 0.829. The highest BCUT2D eigenvalue weighted by atomic mass is 32.2. The Balaban J connectivity index is 1.57. The molecule has 3 nitrogen and oxygen atoms in total. The molecule has 0 N–H and O–H groups in total. The lowest BCUT2D eigenvalue weighted by atomic mass is 10.0. The third-order valence-corrected chi connectivity index (χ3v) is 5.37. The minimum absolute atomic E-state index is 0.625. The molecular formula is C15H20F3N3S. The molecule has 0 aromatic carbocycles. The van der Waals surface area contributed by atoms with Gasteiger partial charge in [0.1, 0.15) is 5.69 Å². The Morgan fingerprint density at radius 2 is 1.73 bits per heavy atom. The van der Waals surface area contributed by atoms with Crippen molar-refractivity contribution in [1.82, 2.24) is 9.88 Å². The van der Waals surface area contributed by atoms with Crippen LogP contribution in [0, 0.1) is 0 Å². The van der Waals surface area contributed by atoms with Crippen LogP contribution in [0.25, 0.3) is 0 Å². The normalized spacial score (nSPS) is 22.0. The van der Waals surface area contributed by atoms with Crippen LogP contribution in [0.15, 0.2) is 18.3 Å². The van der Waals surface area contributed by atoms with Gasteiger partial charge >= 0.3 is 6.18 Å². The monoisotopic (exact) mass is 331 g/mol. The number of anilines is 1. The molecule has 2 fully saturated rings. The molecule has 2 aliphatic heterocycles. The zero-order chi connectivity index (χ0) is 15.6. The summed E-state index contributed by atoms with van der Waals surface area (Å²) >= 11 is 2.01. The molecule has 2 aliphatic rings. The zero-order valence-electron chi connectivity index (χ0n) is 12.4. The number of piperidine rings is 1. The first kappa shape index (κ1) is 15.9. The van der Waals surface area contributed by atoms with Gasteiger partial charge < -0.3 is 4.90 Å². The smallest absolute Gasteiger partial charge is 0.370 e. The van der Waals surface area contributed by atoms with E-state index in [1.807, 2.05) is 11.8 Å². The predicted octanol–water partition coefficient (Wildman–Crippen LogP) is 3.12. The number of hydrogen-bond donors (Lipinski definition) is 0. The first-order chi connectivity index (χ1) is 10.5. The minimum Gasteiger partial charge on any atom is -0.370 e. The molecule has 22 heavy (non-hydrogen) atoms. The van der Waals surface area contributed by atoms with E-state index < -0.39 is 11.9 Å². The van der Waals surface area contributed by atoms with E-state index >= 15 is 0 Å². The van der Waals surface area contributed by atoms with Crippen molar-refractivity contribution in [3.05, 3.63) is 24.0 Å². The van der Waals surface area contributed by atoms with Crippen LogP contribution in [0.2, 0.25) is 0 Å². The van der Waals surface area contributed by atoms with Crippen molar-refractivity contribution in [2.24, 2.45) is 0 Å². The number of thioether (sulfide) groups is 1. The second-order valence-corrected chi connectivity index (χ2v) is 6.99. The van der Waals surface area contributed by atoms with Gasteiger partial charge in [-0.05, 0) is 25.0 Å². The van der Waals surface area contributed by atoms with Crippen molar-refractivity contribution in [3.8, 4) is 0 Å². The van der Waals surface area contributed by atoms with Crippen LogP contribution in [0.4, 0.5) is 18.9 Å². The van der Waals surface area contributed by atoms with Crippen LogP contribution in [0.1, 0.15) is 18.5 Å². The zero-order valence-corrected chi connectivity index (χ0v) is 13.2. The van der Waals surface area contributed by atoms with Gasteiger partial charge in [0, 0.05) is 43.7 Å². The van der Waals surface area contributed by atoms with Gasteiger partial charge in [-0.1, -0.05) is 0 Å². The van der Waals surface area contributed by atoms with Crippen LogP contribution in [-0.2, 0) is 6.18 Å². The average molecular weight is 331 g/mol. The maximum atomic E-state index is 12.5. The van der Waals surface area contributed by atoms with E-state index in [0.717, 1.165) is 50.8 Å². The summed E-state index contributed by atoms with van der Waals surface area (Å²) in [7, 11) is 0. The molecule has 0 amide bonds. The van der Waals surface area contributed by atoms with E-state index in [9.17, 15) is 13.2 Å². The van der Waals surface area contributed by atoms with E-state index in [0.29, 0.717) is 6.04 Å². The second kappa shape index (κ2) is 6.66. The summed E-state index contributed by atoms with van der Waals surface area (Å²) in [6, 6.07) is 3.23. The van der Waals surface area contributed by atoms with Crippen LogP contribution >= 0.6 is 11.8 Å². The van der Waals surface area contributed by atoms with Crippen LogP contribution in [-0.4, -0.2) is 53.6 Å². The molecule has 122 valence electrons. The standard InChI is InChI=1S/C15H20F3N3S/c16-15(17,18)14-2-1-13(11-19-14)20-5-3-12(4-6-20)21-7-9-22-10-8-21/h1-2,11-12H,3-10H2. The fourth-order valence-electron chi connectivity index (χ4n) is 3.17. The maximum Gasteiger partial charge on any atom is 0.433 e. The molecule has 1 aromatic rings. The summed E-state index contributed by atoms with van der Waals surface area (Å²) in [6.07, 6.45) is -0.865. The van der Waals surface area contributed by atoms with Crippen molar-refractivity contribution in [1.29, 1.82) is 0 Å². The van der Waals surface area contributed by atoms with Crippen molar-refractivity contribution in [2.45, 2.75) is 25.1 Å². The second-order valence-electron chi connectivity index (χ2n) is 5.77. The number of pyridine rings is 1. The number of halogens is 3. The van der Waals surface area contributed by atoms with Crippen molar-refractivity contribution in [2.75, 3.05) is 42.6 Å². The molecular weight excluding hydrogens is 311 g/mol. The average Bonchev–Trinajstić information content (AvgIpc) is 2.55. The summed E-state index contributed by atoms with van der Waals surface area (Å²) in [5, 5.41) is 0. The molecule has 0 spiro atoms. The third kappa shape index (κ3) is 3.68. The lowest BCUT2D eigenvalue weighted by Gasteiger charge is -2.40. The van der Waals surface area contributed by atoms with E-state index in [-0.39, 0.29) is 0 Å². The summed E-state index contributed by atoms with van der Waals surface area (Å²) in [6.45, 7) is 4.11. The third-order valence-electron chi connectivity index (χ3n) is 4.43. The van der Waals surface area contributed by atoms with E-state index in [1.165, 1.54) is 23.8 Å². The van der Waals surface area contributed by atoms with Crippen molar-refractivity contribution >= 4 is 17.4 Å². The van der Waals surface area contributed by atoms with Crippen molar-refractivity contribution in [3.63, 3.8) is 0 Å². The fraction of sp³-hybridized carbons (Fsp3) is 0.667. The van der Waals surface area contributed by atoms with Crippen LogP contribution in [0.3, 0.4) is 0 Å². The first-order valence-electron chi connectivity index (χ1n) is 7.64. The lowest BCUT2D eigenvalue weighted by molar-refractivity contribution is -0.141. The van der Waals surface area contributed by atoms with E-state index in [1.54, 1.807) is 0 Å². The van der Waals surface area contributed by atoms with Crippen LogP contribution < -0.4 is 4.90 Å². The Labute approximate surface area is 132 Å². The summed E-state index contributed by atoms with van der Waals surface area (Å²) < 4.78 is 37.6. The number of hydrogen-bond acceptors (Lipinski definition) is 4. The van der Waals surface area contributed by atoms with E-state index in [4.69, 9.17) is 0 Å². The van der Waals surface area contributed by atoms with E-state index in [2.05, 4.69) is 14.8 Å². The molecule has 3 rings (SSSR count). The highest BCUT2D eigenvalue weighted by Gasteiger charge is 2.32. The number of alkyl halides is 3. The van der Waals surface area contributed by atoms with Gasteiger partial charge in [-0.25, -0.2) is 4.98 Å². The highest BCUT2D eigenvalue weighted by Crippen LogP contribution is 2.29. The van der Waals surface area contributed by atoms with Crippen LogP contribution in [0.5, 0.6) is 0 Å². The summed E-state index contributed by atoms with van der Waals surface area (Å²) in [5.41, 5.74) is -0.0300. The predicted molar refractivity (Wildman–Crippen MR) is 83.4 cm³/mol. The molecule has 0 aliphatic carbocycles. The number of rotatable bonds is 2. The van der Waals surface area contributed by atoms with Gasteiger partial charge in [-0.3, -0.25) is 4.90 Å². The molecule has 1 aromatic heterocycles. The first-order valence-corrected chi connectivity index (χ1v) is 8.79. The van der Waals surface area contributed by atoms with Crippen molar-refractivity contribution < 1.29 is 13.2 Å². The van der Waals surface area contributed by atoms with Gasteiger partial charge in [0.15, 0.2) is 0 Å². The molecule has 7 heteroatoms. The molecule has 0 saturated carbocycles. The minimum atomic E-state index is -4.36. The van der Waals surface area contributed by atoms with Gasteiger partial charge in [0.25, 0.3) is 0 Å². The summed E-state index contributed by atoms with van der Waals surface area (Å²) in [4.78, 5) is 8.26. The molecule has 0 bridgehead atoms. The Hall–Kier alpha value is -0.950. The van der Waals surface area contributed by atoms with Gasteiger partial charge in [0.2, 0.25) is 0 Å². The number of nitrogens with zero attached hydrogens (tertiary/aromatic N) is 3. The molecule has 0 unspecified atom stereocenters. The fourth-order valence-corrected chi connectivity index (χ4v) is 4.10. The number of aromatic nitrogens is 1. The largest absolute Gasteiger partial charge is 0.433 e. The Morgan fingerprint density at radius 3 is 2.27 bits per heavy atom. The van der Waals surface area contributed by atoms with Gasteiger partial charge in [-0.2, -0.15) is 24.9 Å². The summed E-state index contributed by atoms with van der Waals surface area (Å²) in [5.74, 6) is 2.42. The maximum absolute atomic E-state index is 12.5. The Morgan fingerprint density at radius 1 is 1.05 bits per heavy atom. The molecule has 0 radical (unpaired) electrons. The highest BCUT2D eigenvalue weighted by molar-refractivity contribution is 7.99. The molecule has 0 atom stereocenters.